The summed E-state index contributed by atoms with van der Waals surface area (Å²) in [5.74, 6) is 1.10. The standard InChI is InChI=1S/C17H24F3N/c1-3-12-5-4-6-13(10-12)16(21)15-8-7-14(9-11(15)2)17(18,19)20/h7-9,12-13,16H,3-6,10,21H2,1-2H3. The SMILES string of the molecule is CCC1CCCC(C(N)c2ccc(C(F)(F)F)cc2C)C1. The minimum atomic E-state index is -4.29. The summed E-state index contributed by atoms with van der Waals surface area (Å²) < 4.78 is 38.2. The van der Waals surface area contributed by atoms with Gasteiger partial charge in [-0.3, -0.25) is 0 Å². The van der Waals surface area contributed by atoms with Gasteiger partial charge >= 0.3 is 6.18 Å². The van der Waals surface area contributed by atoms with Crippen molar-refractivity contribution in [2.75, 3.05) is 0 Å². The van der Waals surface area contributed by atoms with Crippen LogP contribution in [-0.4, -0.2) is 0 Å². The molecule has 1 aliphatic carbocycles. The molecule has 1 saturated carbocycles. The Kier molecular flexibility index (Phi) is 4.97. The maximum absolute atomic E-state index is 12.7. The minimum absolute atomic E-state index is 0.151. The molecule has 0 radical (unpaired) electrons. The molecule has 2 rings (SSSR count). The predicted octanol–water partition coefficient (Wildman–Crippen LogP) is 5.23. The summed E-state index contributed by atoms with van der Waals surface area (Å²) in [6, 6.07) is 3.79. The molecular formula is C17H24F3N. The van der Waals surface area contributed by atoms with Crippen LogP contribution in [0.25, 0.3) is 0 Å². The lowest BCUT2D eigenvalue weighted by Gasteiger charge is -2.33. The topological polar surface area (TPSA) is 26.0 Å². The number of halogens is 3. The first-order chi connectivity index (χ1) is 9.82. The second-order valence-corrected chi connectivity index (χ2v) is 6.30. The highest BCUT2D eigenvalue weighted by Crippen LogP contribution is 2.39. The van der Waals surface area contributed by atoms with E-state index in [2.05, 4.69) is 6.92 Å². The highest BCUT2D eigenvalue weighted by atomic mass is 19.4. The van der Waals surface area contributed by atoms with Crippen molar-refractivity contribution < 1.29 is 13.2 Å². The second-order valence-electron chi connectivity index (χ2n) is 6.30. The molecular weight excluding hydrogens is 275 g/mol. The van der Waals surface area contributed by atoms with Crippen molar-refractivity contribution >= 4 is 0 Å². The molecule has 0 amide bonds. The van der Waals surface area contributed by atoms with Gasteiger partial charge in [-0.1, -0.05) is 32.3 Å². The molecule has 2 N–H and O–H groups in total. The van der Waals surface area contributed by atoms with Gasteiger partial charge in [-0.15, -0.1) is 0 Å². The van der Waals surface area contributed by atoms with Gasteiger partial charge in [0.05, 0.1) is 5.56 Å². The van der Waals surface area contributed by atoms with Crippen LogP contribution in [0.5, 0.6) is 0 Å². The zero-order valence-corrected chi connectivity index (χ0v) is 12.7. The monoisotopic (exact) mass is 299 g/mol. The average molecular weight is 299 g/mol. The van der Waals surface area contributed by atoms with Crippen LogP contribution in [0.1, 0.15) is 61.8 Å². The van der Waals surface area contributed by atoms with Gasteiger partial charge in [-0.2, -0.15) is 13.2 Å². The van der Waals surface area contributed by atoms with Gasteiger partial charge in [0.2, 0.25) is 0 Å². The van der Waals surface area contributed by atoms with Crippen LogP contribution in [0.2, 0.25) is 0 Å². The summed E-state index contributed by atoms with van der Waals surface area (Å²) in [7, 11) is 0. The molecule has 1 nitrogen and oxygen atoms in total. The van der Waals surface area contributed by atoms with E-state index in [1.165, 1.54) is 18.9 Å². The smallest absolute Gasteiger partial charge is 0.324 e. The lowest BCUT2D eigenvalue weighted by atomic mass is 9.75. The molecule has 1 aromatic rings. The number of hydrogen-bond acceptors (Lipinski definition) is 1. The maximum Gasteiger partial charge on any atom is 0.416 e. The van der Waals surface area contributed by atoms with Crippen LogP contribution in [0.4, 0.5) is 13.2 Å². The van der Waals surface area contributed by atoms with E-state index in [4.69, 9.17) is 5.73 Å². The van der Waals surface area contributed by atoms with Crippen molar-refractivity contribution in [2.45, 2.75) is 58.2 Å². The lowest BCUT2D eigenvalue weighted by Crippen LogP contribution is -2.27. The normalized spacial score (nSPS) is 24.9. The van der Waals surface area contributed by atoms with Crippen LogP contribution >= 0.6 is 0 Å². The molecule has 3 atom stereocenters. The predicted molar refractivity (Wildman–Crippen MR) is 78.8 cm³/mol. The van der Waals surface area contributed by atoms with Crippen molar-refractivity contribution in [2.24, 2.45) is 17.6 Å². The molecule has 1 fully saturated rings. The molecule has 3 unspecified atom stereocenters. The molecule has 1 aliphatic rings. The Hall–Kier alpha value is -1.03. The van der Waals surface area contributed by atoms with Gasteiger partial charge in [0, 0.05) is 6.04 Å². The zero-order chi connectivity index (χ0) is 15.6. The lowest BCUT2D eigenvalue weighted by molar-refractivity contribution is -0.137. The number of aryl methyl sites for hydroxylation is 1. The van der Waals surface area contributed by atoms with E-state index in [-0.39, 0.29) is 6.04 Å². The van der Waals surface area contributed by atoms with Crippen LogP contribution < -0.4 is 5.73 Å². The highest BCUT2D eigenvalue weighted by Gasteiger charge is 2.32. The van der Waals surface area contributed by atoms with Gasteiger partial charge in [0.25, 0.3) is 0 Å². The Morgan fingerprint density at radius 2 is 2.00 bits per heavy atom. The zero-order valence-electron chi connectivity index (χ0n) is 12.7. The number of alkyl halides is 3. The first-order valence-electron chi connectivity index (χ1n) is 7.76. The number of hydrogen-bond donors (Lipinski definition) is 1. The van der Waals surface area contributed by atoms with Crippen LogP contribution in [0, 0.1) is 18.8 Å². The number of benzene rings is 1. The summed E-state index contributed by atoms with van der Waals surface area (Å²) in [6.07, 6.45) is 1.49. The Balaban J connectivity index is 2.17. The van der Waals surface area contributed by atoms with E-state index < -0.39 is 11.7 Å². The fraction of sp³-hybridized carbons (Fsp3) is 0.647. The molecule has 0 heterocycles. The number of rotatable bonds is 3. The molecule has 21 heavy (non-hydrogen) atoms. The van der Waals surface area contributed by atoms with Crippen LogP contribution in [0.15, 0.2) is 18.2 Å². The molecule has 1 aromatic carbocycles. The summed E-state index contributed by atoms with van der Waals surface area (Å²) in [6.45, 7) is 3.92. The van der Waals surface area contributed by atoms with Gasteiger partial charge in [0.1, 0.15) is 0 Å². The third-order valence-electron chi connectivity index (χ3n) is 4.86. The highest BCUT2D eigenvalue weighted by molar-refractivity contribution is 5.34. The van der Waals surface area contributed by atoms with Gasteiger partial charge in [0.15, 0.2) is 0 Å². The van der Waals surface area contributed by atoms with E-state index in [0.29, 0.717) is 17.4 Å². The maximum atomic E-state index is 12.7. The second kappa shape index (κ2) is 6.39. The fourth-order valence-corrected chi connectivity index (χ4v) is 3.51. The van der Waals surface area contributed by atoms with Crippen molar-refractivity contribution in [3.63, 3.8) is 0 Å². The molecule has 0 bridgehead atoms. The first kappa shape index (κ1) is 16.3. The van der Waals surface area contributed by atoms with E-state index >= 15 is 0 Å². The number of nitrogens with two attached hydrogens (primary N) is 1. The summed E-state index contributed by atoms with van der Waals surface area (Å²) in [4.78, 5) is 0. The van der Waals surface area contributed by atoms with E-state index in [9.17, 15) is 13.2 Å². The third kappa shape index (κ3) is 3.79. The van der Waals surface area contributed by atoms with Crippen molar-refractivity contribution in [1.82, 2.24) is 0 Å². The van der Waals surface area contributed by atoms with Gasteiger partial charge in [-0.05, 0) is 54.9 Å². The molecule has 4 heteroatoms. The first-order valence-corrected chi connectivity index (χ1v) is 7.76. The van der Waals surface area contributed by atoms with Crippen molar-refractivity contribution in [3.05, 3.63) is 34.9 Å². The van der Waals surface area contributed by atoms with Crippen molar-refractivity contribution in [1.29, 1.82) is 0 Å². The Labute approximate surface area is 124 Å². The summed E-state index contributed by atoms with van der Waals surface area (Å²) >= 11 is 0. The van der Waals surface area contributed by atoms with E-state index in [1.807, 2.05) is 0 Å². The van der Waals surface area contributed by atoms with Gasteiger partial charge in [-0.25, -0.2) is 0 Å². The van der Waals surface area contributed by atoms with E-state index in [0.717, 1.165) is 30.9 Å². The summed E-state index contributed by atoms with van der Waals surface area (Å²) in [5.41, 5.74) is 7.29. The Bertz CT molecular complexity index is 481. The molecule has 0 saturated heterocycles. The molecule has 0 spiro atoms. The Morgan fingerprint density at radius 1 is 1.29 bits per heavy atom. The molecule has 0 aliphatic heterocycles. The quantitative estimate of drug-likeness (QED) is 0.812. The molecule has 118 valence electrons. The van der Waals surface area contributed by atoms with E-state index in [1.54, 1.807) is 13.0 Å². The Morgan fingerprint density at radius 3 is 2.57 bits per heavy atom. The molecule has 0 aromatic heterocycles. The average Bonchev–Trinajstić information content (AvgIpc) is 2.45. The van der Waals surface area contributed by atoms with Gasteiger partial charge < -0.3 is 5.73 Å². The third-order valence-corrected chi connectivity index (χ3v) is 4.86. The minimum Gasteiger partial charge on any atom is -0.324 e. The van der Waals surface area contributed by atoms with Crippen LogP contribution in [-0.2, 0) is 6.18 Å². The largest absolute Gasteiger partial charge is 0.416 e. The summed E-state index contributed by atoms with van der Waals surface area (Å²) in [5, 5.41) is 0. The fourth-order valence-electron chi connectivity index (χ4n) is 3.51. The van der Waals surface area contributed by atoms with Crippen molar-refractivity contribution in [3.8, 4) is 0 Å². The van der Waals surface area contributed by atoms with Crippen LogP contribution in [0.3, 0.4) is 0 Å².